The number of rotatable bonds is 7. The zero-order valence-corrected chi connectivity index (χ0v) is 18.1. The quantitative estimate of drug-likeness (QED) is 0.518. The summed E-state index contributed by atoms with van der Waals surface area (Å²) in [4.78, 5) is 14.8. The first kappa shape index (κ1) is 21.4. The molecule has 0 aromatic heterocycles. The Morgan fingerprint density at radius 1 is 1.10 bits per heavy atom. The van der Waals surface area contributed by atoms with Crippen LogP contribution in [-0.4, -0.2) is 37.3 Å². The van der Waals surface area contributed by atoms with Gasteiger partial charge in [0.1, 0.15) is 0 Å². The molecule has 1 amide bonds. The van der Waals surface area contributed by atoms with Crippen LogP contribution >= 0.6 is 11.6 Å². The van der Waals surface area contributed by atoms with Gasteiger partial charge in [0.2, 0.25) is 0 Å². The van der Waals surface area contributed by atoms with Gasteiger partial charge in [-0.3, -0.25) is 4.79 Å². The van der Waals surface area contributed by atoms with Crippen molar-refractivity contribution in [3.05, 3.63) is 94.5 Å². The molecular formula is C25H26ClN3O2. The summed E-state index contributed by atoms with van der Waals surface area (Å²) in [5, 5.41) is 17.5. The van der Waals surface area contributed by atoms with Crippen LogP contribution in [-0.2, 0) is 6.42 Å². The first-order valence-electron chi connectivity index (χ1n) is 10.4. The first-order chi connectivity index (χ1) is 15.1. The monoisotopic (exact) mass is 435 g/mol. The zero-order chi connectivity index (χ0) is 21.8. The van der Waals surface area contributed by atoms with Crippen LogP contribution in [0.4, 0.5) is 11.4 Å². The van der Waals surface area contributed by atoms with Crippen LogP contribution < -0.4 is 15.5 Å². The summed E-state index contributed by atoms with van der Waals surface area (Å²) in [7, 11) is 1.85. The number of anilines is 2. The van der Waals surface area contributed by atoms with Crippen LogP contribution in [0.1, 0.15) is 27.5 Å². The summed E-state index contributed by atoms with van der Waals surface area (Å²) < 4.78 is 0. The SMILES string of the molecule is CNC[C@@H](O)[C@H](c1ccccc1)N1CCc2cc(NC(=O)c3cccc(Cl)c3)ccc21. The number of amides is 1. The molecule has 0 fully saturated rings. The number of nitrogens with zero attached hydrogens (tertiary/aromatic N) is 1. The molecule has 1 heterocycles. The largest absolute Gasteiger partial charge is 0.389 e. The molecular weight excluding hydrogens is 410 g/mol. The predicted octanol–water partition coefficient (Wildman–Crippen LogP) is 4.28. The van der Waals surface area contributed by atoms with Crippen molar-refractivity contribution in [1.82, 2.24) is 5.32 Å². The normalized spacial score (nSPS) is 14.7. The number of nitrogens with one attached hydrogen (secondary N) is 2. The molecule has 1 aliphatic rings. The lowest BCUT2D eigenvalue weighted by Gasteiger charge is -2.34. The summed E-state index contributed by atoms with van der Waals surface area (Å²) in [6.07, 6.45) is 0.298. The highest BCUT2D eigenvalue weighted by atomic mass is 35.5. The van der Waals surface area contributed by atoms with E-state index in [2.05, 4.69) is 27.7 Å². The van der Waals surface area contributed by atoms with Crippen LogP contribution in [0.25, 0.3) is 0 Å². The van der Waals surface area contributed by atoms with Crippen LogP contribution in [0, 0.1) is 0 Å². The molecule has 0 radical (unpaired) electrons. The Morgan fingerprint density at radius 2 is 1.90 bits per heavy atom. The standard InChI is InChI=1S/C25H26ClN3O2/c1-27-16-23(30)24(17-6-3-2-4-7-17)29-13-12-18-15-21(10-11-22(18)29)28-25(31)19-8-5-9-20(26)14-19/h2-11,14-15,23-24,27,30H,12-13,16H2,1H3,(H,28,31)/t23-,24+/m1/s1. The third-order valence-corrected chi connectivity index (χ3v) is 5.85. The molecule has 6 heteroatoms. The molecule has 0 saturated carbocycles. The van der Waals surface area contributed by atoms with Crippen molar-refractivity contribution in [3.8, 4) is 0 Å². The van der Waals surface area contributed by atoms with E-state index in [4.69, 9.17) is 11.6 Å². The molecule has 31 heavy (non-hydrogen) atoms. The number of hydrogen-bond donors (Lipinski definition) is 3. The van der Waals surface area contributed by atoms with E-state index in [1.54, 1.807) is 24.3 Å². The Bertz CT molecular complexity index is 1060. The number of aliphatic hydroxyl groups excluding tert-OH is 1. The smallest absolute Gasteiger partial charge is 0.255 e. The van der Waals surface area contributed by atoms with E-state index in [9.17, 15) is 9.90 Å². The summed E-state index contributed by atoms with van der Waals surface area (Å²) in [5.74, 6) is -0.191. The first-order valence-corrected chi connectivity index (χ1v) is 10.8. The maximum absolute atomic E-state index is 12.6. The summed E-state index contributed by atoms with van der Waals surface area (Å²) in [6.45, 7) is 1.31. The Hall–Kier alpha value is -2.86. The van der Waals surface area contributed by atoms with Crippen LogP contribution in [0.15, 0.2) is 72.8 Å². The van der Waals surface area contributed by atoms with Gasteiger partial charge in [-0.1, -0.05) is 48.0 Å². The highest BCUT2D eigenvalue weighted by Gasteiger charge is 2.32. The van der Waals surface area contributed by atoms with Gasteiger partial charge in [-0.25, -0.2) is 0 Å². The third-order valence-electron chi connectivity index (χ3n) is 5.61. The second-order valence-corrected chi connectivity index (χ2v) is 8.17. The number of carbonyl (C=O) groups excluding carboxylic acids is 1. The van der Waals surface area contributed by atoms with Crippen molar-refractivity contribution in [3.63, 3.8) is 0 Å². The van der Waals surface area contributed by atoms with E-state index >= 15 is 0 Å². The van der Waals surface area contributed by atoms with Gasteiger partial charge in [0.15, 0.2) is 0 Å². The average Bonchev–Trinajstić information content (AvgIpc) is 3.18. The number of halogens is 1. The second-order valence-electron chi connectivity index (χ2n) is 7.73. The van der Waals surface area contributed by atoms with Crippen LogP contribution in [0.2, 0.25) is 5.02 Å². The molecule has 3 aromatic rings. The molecule has 0 unspecified atom stereocenters. The van der Waals surface area contributed by atoms with E-state index in [1.165, 1.54) is 0 Å². The lowest BCUT2D eigenvalue weighted by atomic mass is 9.99. The van der Waals surface area contributed by atoms with Gasteiger partial charge >= 0.3 is 0 Å². The Kier molecular flexibility index (Phi) is 6.56. The lowest BCUT2D eigenvalue weighted by molar-refractivity contribution is 0.102. The van der Waals surface area contributed by atoms with Gasteiger partial charge in [0.25, 0.3) is 5.91 Å². The minimum atomic E-state index is -0.555. The van der Waals surface area contributed by atoms with Crippen molar-refractivity contribution in [2.24, 2.45) is 0 Å². The summed E-state index contributed by atoms with van der Waals surface area (Å²) in [6, 6.07) is 22.8. The van der Waals surface area contributed by atoms with E-state index in [0.29, 0.717) is 17.1 Å². The fourth-order valence-electron chi connectivity index (χ4n) is 4.21. The molecule has 0 saturated heterocycles. The Labute approximate surface area is 187 Å². The minimum absolute atomic E-state index is 0.151. The van der Waals surface area contributed by atoms with E-state index in [1.807, 2.05) is 43.4 Å². The second kappa shape index (κ2) is 9.52. The number of carbonyl (C=O) groups is 1. The summed E-state index contributed by atoms with van der Waals surface area (Å²) >= 11 is 6.00. The van der Waals surface area contributed by atoms with E-state index < -0.39 is 6.10 Å². The fraction of sp³-hybridized carbons (Fsp3) is 0.240. The topological polar surface area (TPSA) is 64.6 Å². The minimum Gasteiger partial charge on any atom is -0.389 e. The highest BCUT2D eigenvalue weighted by Crippen LogP contribution is 2.38. The molecule has 3 N–H and O–H groups in total. The molecule has 1 aliphatic heterocycles. The molecule has 0 spiro atoms. The van der Waals surface area contributed by atoms with Crippen molar-refractivity contribution in [2.75, 3.05) is 30.4 Å². The van der Waals surface area contributed by atoms with Gasteiger partial charge < -0.3 is 20.6 Å². The molecule has 0 bridgehead atoms. The predicted molar refractivity (Wildman–Crippen MR) is 126 cm³/mol. The summed E-state index contributed by atoms with van der Waals surface area (Å²) in [5.41, 5.74) is 4.59. The van der Waals surface area contributed by atoms with E-state index in [-0.39, 0.29) is 11.9 Å². The van der Waals surface area contributed by atoms with Gasteiger partial charge in [0, 0.05) is 35.1 Å². The Balaban J connectivity index is 1.57. The highest BCUT2D eigenvalue weighted by molar-refractivity contribution is 6.31. The number of hydrogen-bond acceptors (Lipinski definition) is 4. The number of likely N-dealkylation sites (N-methyl/N-ethyl adjacent to an activating group) is 1. The van der Waals surface area contributed by atoms with Crippen LogP contribution in [0.3, 0.4) is 0 Å². The third kappa shape index (κ3) is 4.74. The van der Waals surface area contributed by atoms with Crippen molar-refractivity contribution >= 4 is 28.9 Å². The number of fused-ring (bicyclic) bond motifs is 1. The number of benzene rings is 3. The van der Waals surface area contributed by atoms with Gasteiger partial charge in [0.05, 0.1) is 12.1 Å². The van der Waals surface area contributed by atoms with Crippen LogP contribution in [0.5, 0.6) is 0 Å². The molecule has 2 atom stereocenters. The fourth-order valence-corrected chi connectivity index (χ4v) is 4.40. The molecule has 4 rings (SSSR count). The van der Waals surface area contributed by atoms with Crippen molar-refractivity contribution in [1.29, 1.82) is 0 Å². The molecule has 160 valence electrons. The van der Waals surface area contributed by atoms with Gasteiger partial charge in [-0.05, 0) is 61.0 Å². The van der Waals surface area contributed by atoms with Gasteiger partial charge in [-0.2, -0.15) is 0 Å². The molecule has 0 aliphatic carbocycles. The Morgan fingerprint density at radius 3 is 2.65 bits per heavy atom. The average molecular weight is 436 g/mol. The van der Waals surface area contributed by atoms with Crippen molar-refractivity contribution < 1.29 is 9.90 Å². The van der Waals surface area contributed by atoms with E-state index in [0.717, 1.165) is 35.5 Å². The number of aliphatic hydroxyl groups is 1. The molecule has 5 nitrogen and oxygen atoms in total. The van der Waals surface area contributed by atoms with Gasteiger partial charge in [-0.15, -0.1) is 0 Å². The lowest BCUT2D eigenvalue weighted by Crippen LogP contribution is -2.40. The maximum Gasteiger partial charge on any atom is 0.255 e. The molecule has 3 aromatic carbocycles. The van der Waals surface area contributed by atoms with Crippen molar-refractivity contribution in [2.45, 2.75) is 18.6 Å². The maximum atomic E-state index is 12.6. The zero-order valence-electron chi connectivity index (χ0n) is 17.4.